The minimum Gasteiger partial charge on any atom is -0.444 e. The summed E-state index contributed by atoms with van der Waals surface area (Å²) in [6.45, 7) is 10.4. The quantitative estimate of drug-likeness (QED) is 0.425. The van der Waals surface area contributed by atoms with Crippen molar-refractivity contribution < 1.29 is 14.3 Å². The number of nitrogens with zero attached hydrogens (tertiary/aromatic N) is 7. The van der Waals surface area contributed by atoms with Gasteiger partial charge in [-0.05, 0) is 70.7 Å². The molecule has 1 spiro atoms. The van der Waals surface area contributed by atoms with Gasteiger partial charge in [0, 0.05) is 75.5 Å². The summed E-state index contributed by atoms with van der Waals surface area (Å²) in [5, 5.41) is 3.25. The summed E-state index contributed by atoms with van der Waals surface area (Å²) in [5.41, 5.74) is 7.25. The van der Waals surface area contributed by atoms with Crippen molar-refractivity contribution >= 4 is 35.0 Å². The van der Waals surface area contributed by atoms with E-state index in [4.69, 9.17) is 15.5 Å². The SMILES string of the molecule is Cn1ccn([C@@H]2CCCN(c3cnc(C(N)=O)c(Nc4ccc(N5CCC6(CC5)CN(C(=O)OC(C)(C)C)C6)cc4)n3)C2)c1=O. The number of rotatable bonds is 6. The molecule has 3 N–H and O–H groups in total. The Bertz CT molecular complexity index is 1610. The summed E-state index contributed by atoms with van der Waals surface area (Å²) in [7, 11) is 1.75. The Morgan fingerprint density at radius 1 is 1.04 bits per heavy atom. The number of nitrogens with one attached hydrogen (secondary N) is 1. The lowest BCUT2D eigenvalue weighted by Gasteiger charge is -2.54. The number of anilines is 4. The van der Waals surface area contributed by atoms with Crippen molar-refractivity contribution in [3.8, 4) is 0 Å². The Morgan fingerprint density at radius 3 is 2.38 bits per heavy atom. The Balaban J connectivity index is 1.09. The zero-order chi connectivity index (χ0) is 31.9. The van der Waals surface area contributed by atoms with Crippen LogP contribution in [-0.2, 0) is 11.8 Å². The standard InChI is InChI=1S/C32H43N9O4/c1-31(2,3)45-30(44)40-20-32(21-40)11-14-38(15-12-32)23-9-7-22(8-10-23)35-28-26(27(33)42)34-18-25(36-28)39-13-5-6-24(19-39)41-17-16-37(4)29(41)43/h7-10,16-18,24H,5-6,11-15,19-21H2,1-4H3,(H2,33,42)(H,35,36)/t24-/m1/s1. The van der Waals surface area contributed by atoms with E-state index < -0.39 is 11.5 Å². The van der Waals surface area contributed by atoms with E-state index in [1.807, 2.05) is 44.0 Å². The number of ether oxygens (including phenoxy) is 1. The lowest BCUT2D eigenvalue weighted by Crippen LogP contribution is -2.62. The highest BCUT2D eigenvalue weighted by atomic mass is 16.6. The number of hydrogen-bond donors (Lipinski definition) is 2. The van der Waals surface area contributed by atoms with E-state index in [9.17, 15) is 14.4 Å². The molecule has 1 aromatic carbocycles. The number of nitrogens with two attached hydrogens (primary N) is 1. The van der Waals surface area contributed by atoms with Crippen LogP contribution in [0.5, 0.6) is 0 Å². The van der Waals surface area contributed by atoms with Crippen LogP contribution < -0.4 is 26.5 Å². The molecule has 6 rings (SSSR count). The zero-order valence-electron chi connectivity index (χ0n) is 26.5. The molecule has 1 atom stereocenters. The number of imidazole rings is 1. The molecule has 2 aromatic heterocycles. The highest BCUT2D eigenvalue weighted by Gasteiger charge is 2.47. The van der Waals surface area contributed by atoms with Gasteiger partial charge in [0.2, 0.25) is 0 Å². The van der Waals surface area contributed by atoms with Crippen molar-refractivity contribution in [3.05, 3.63) is 59.0 Å². The van der Waals surface area contributed by atoms with Gasteiger partial charge in [0.25, 0.3) is 5.91 Å². The van der Waals surface area contributed by atoms with Crippen LogP contribution in [0.25, 0.3) is 0 Å². The number of primary amides is 1. The van der Waals surface area contributed by atoms with Gasteiger partial charge in [-0.3, -0.25) is 9.36 Å². The highest BCUT2D eigenvalue weighted by Crippen LogP contribution is 2.42. The summed E-state index contributed by atoms with van der Waals surface area (Å²) in [6.07, 6.45) is 8.78. The second-order valence-electron chi connectivity index (χ2n) is 13.6. The molecule has 3 saturated heterocycles. The number of likely N-dealkylation sites (tertiary alicyclic amines) is 1. The van der Waals surface area contributed by atoms with E-state index >= 15 is 0 Å². The van der Waals surface area contributed by atoms with Gasteiger partial charge in [0.05, 0.1) is 12.2 Å². The molecule has 3 aromatic rings. The maximum Gasteiger partial charge on any atom is 0.410 e. The molecular weight excluding hydrogens is 574 g/mol. The van der Waals surface area contributed by atoms with E-state index in [0.29, 0.717) is 18.2 Å². The number of aryl methyl sites for hydroxylation is 1. The first-order valence-corrected chi connectivity index (χ1v) is 15.6. The predicted molar refractivity (Wildman–Crippen MR) is 172 cm³/mol. The third-order valence-corrected chi connectivity index (χ3v) is 9.10. The van der Waals surface area contributed by atoms with E-state index in [2.05, 4.69) is 32.2 Å². The van der Waals surface area contributed by atoms with E-state index in [1.165, 1.54) is 0 Å². The first-order chi connectivity index (χ1) is 21.4. The summed E-state index contributed by atoms with van der Waals surface area (Å²) in [4.78, 5) is 52.5. The summed E-state index contributed by atoms with van der Waals surface area (Å²) >= 11 is 0. The number of amides is 2. The third kappa shape index (κ3) is 6.47. The van der Waals surface area contributed by atoms with Gasteiger partial charge in [-0.1, -0.05) is 0 Å². The van der Waals surface area contributed by atoms with Crippen LogP contribution in [0.1, 0.15) is 63.0 Å². The Hall–Kier alpha value is -4.55. The fraction of sp³-hybridized carbons (Fsp3) is 0.531. The van der Waals surface area contributed by atoms with Crippen molar-refractivity contribution in [2.75, 3.05) is 54.4 Å². The van der Waals surface area contributed by atoms with Crippen LogP contribution in [0.4, 0.5) is 27.8 Å². The molecule has 0 unspecified atom stereocenters. The molecule has 13 heteroatoms. The summed E-state index contributed by atoms with van der Waals surface area (Å²) in [5.74, 6) is 0.256. The van der Waals surface area contributed by atoms with Crippen molar-refractivity contribution in [1.29, 1.82) is 0 Å². The Labute approximate surface area is 263 Å². The second kappa shape index (κ2) is 11.8. The molecule has 0 aliphatic carbocycles. The van der Waals surface area contributed by atoms with Crippen LogP contribution in [-0.4, -0.2) is 80.9 Å². The molecule has 240 valence electrons. The first kappa shape index (κ1) is 30.5. The number of benzene rings is 1. The number of carbonyl (C=O) groups is 2. The van der Waals surface area contributed by atoms with Crippen LogP contribution in [0.3, 0.4) is 0 Å². The molecule has 0 bridgehead atoms. The van der Waals surface area contributed by atoms with Gasteiger partial charge in [-0.2, -0.15) is 0 Å². The average Bonchev–Trinajstić information content (AvgIpc) is 3.33. The maximum atomic E-state index is 12.5. The Kier molecular flexibility index (Phi) is 7.96. The maximum absolute atomic E-state index is 12.5. The van der Waals surface area contributed by atoms with Crippen molar-refractivity contribution in [2.24, 2.45) is 18.2 Å². The molecule has 0 radical (unpaired) electrons. The topological polar surface area (TPSA) is 144 Å². The monoisotopic (exact) mass is 617 g/mol. The fourth-order valence-corrected chi connectivity index (χ4v) is 6.62. The summed E-state index contributed by atoms with van der Waals surface area (Å²) in [6, 6.07) is 8.06. The smallest absolute Gasteiger partial charge is 0.410 e. The van der Waals surface area contributed by atoms with E-state index in [1.54, 1.807) is 28.6 Å². The number of aromatic nitrogens is 4. The Morgan fingerprint density at radius 2 is 1.76 bits per heavy atom. The molecule has 3 aliphatic rings. The van der Waals surface area contributed by atoms with E-state index in [0.717, 1.165) is 69.8 Å². The average molecular weight is 618 g/mol. The molecule has 5 heterocycles. The van der Waals surface area contributed by atoms with Crippen molar-refractivity contribution in [3.63, 3.8) is 0 Å². The molecule has 0 saturated carbocycles. The van der Waals surface area contributed by atoms with Gasteiger partial charge >= 0.3 is 11.8 Å². The minimum atomic E-state index is -0.663. The zero-order valence-corrected chi connectivity index (χ0v) is 26.5. The van der Waals surface area contributed by atoms with Crippen molar-refractivity contribution in [2.45, 2.75) is 58.1 Å². The van der Waals surface area contributed by atoms with Gasteiger partial charge in [0.1, 0.15) is 11.4 Å². The predicted octanol–water partition coefficient (Wildman–Crippen LogP) is 3.50. The number of carbonyl (C=O) groups excluding carboxylic acids is 2. The molecule has 3 aliphatic heterocycles. The molecule has 2 amide bonds. The normalized spacial score (nSPS) is 19.7. The summed E-state index contributed by atoms with van der Waals surface area (Å²) < 4.78 is 8.87. The molecular formula is C32H43N9O4. The molecule has 13 nitrogen and oxygen atoms in total. The molecule has 45 heavy (non-hydrogen) atoms. The van der Waals surface area contributed by atoms with Gasteiger partial charge < -0.3 is 35.1 Å². The second-order valence-corrected chi connectivity index (χ2v) is 13.6. The molecule has 3 fully saturated rings. The first-order valence-electron chi connectivity index (χ1n) is 15.6. The van der Waals surface area contributed by atoms with E-state index in [-0.39, 0.29) is 28.9 Å². The van der Waals surface area contributed by atoms with Crippen LogP contribution >= 0.6 is 0 Å². The van der Waals surface area contributed by atoms with Crippen LogP contribution in [0.15, 0.2) is 47.7 Å². The largest absolute Gasteiger partial charge is 0.444 e. The fourth-order valence-electron chi connectivity index (χ4n) is 6.62. The highest BCUT2D eigenvalue weighted by molar-refractivity contribution is 5.96. The van der Waals surface area contributed by atoms with Crippen LogP contribution in [0.2, 0.25) is 0 Å². The van der Waals surface area contributed by atoms with Crippen molar-refractivity contribution in [1.82, 2.24) is 24.0 Å². The minimum absolute atomic E-state index is 0.0203. The number of hydrogen-bond acceptors (Lipinski definition) is 9. The van der Waals surface area contributed by atoms with Crippen LogP contribution in [0, 0.1) is 5.41 Å². The van der Waals surface area contributed by atoms with Gasteiger partial charge in [-0.25, -0.2) is 19.6 Å². The van der Waals surface area contributed by atoms with Gasteiger partial charge in [0.15, 0.2) is 11.5 Å². The van der Waals surface area contributed by atoms with Gasteiger partial charge in [-0.15, -0.1) is 0 Å². The third-order valence-electron chi connectivity index (χ3n) is 9.10. The lowest BCUT2D eigenvalue weighted by molar-refractivity contribution is -0.0434. The lowest BCUT2D eigenvalue weighted by atomic mass is 9.72. The number of piperidine rings is 2.